The molecule has 0 radical (unpaired) electrons. The molecule has 0 aliphatic heterocycles. The first-order valence-electron chi connectivity index (χ1n) is 7.92. The Hall–Kier alpha value is -0.870. The van der Waals surface area contributed by atoms with Crippen molar-refractivity contribution < 1.29 is 4.79 Å². The van der Waals surface area contributed by atoms with Crippen LogP contribution in [-0.4, -0.2) is 21.6 Å². The van der Waals surface area contributed by atoms with Gasteiger partial charge < -0.3 is 5.73 Å². The molecule has 0 aliphatic rings. The van der Waals surface area contributed by atoms with Crippen molar-refractivity contribution >= 4 is 17.4 Å². The third kappa shape index (κ3) is 5.11. The highest BCUT2D eigenvalue weighted by Gasteiger charge is 2.20. The van der Waals surface area contributed by atoms with Gasteiger partial charge in [-0.1, -0.05) is 31.9 Å². The Kier molecular flexibility index (Phi) is 7.40. The van der Waals surface area contributed by atoms with Crippen molar-refractivity contribution in [2.75, 3.05) is 0 Å². The summed E-state index contributed by atoms with van der Waals surface area (Å²) in [6.07, 6.45) is 4.01. The first kappa shape index (κ1) is 18.2. The number of carbonyl (C=O) groups is 1. The number of aromatic nitrogens is 2. The van der Waals surface area contributed by atoms with E-state index in [9.17, 15) is 4.79 Å². The average Bonchev–Trinajstić information content (AvgIpc) is 2.74. The van der Waals surface area contributed by atoms with E-state index >= 15 is 0 Å². The fourth-order valence-corrected chi connectivity index (χ4v) is 2.77. The van der Waals surface area contributed by atoms with Gasteiger partial charge in [-0.05, 0) is 33.1 Å². The second-order valence-corrected chi connectivity index (χ2v) is 6.21. The molecule has 0 aliphatic carbocycles. The summed E-state index contributed by atoms with van der Waals surface area (Å²) in [6.45, 7) is 8.77. The second kappa shape index (κ2) is 8.54. The number of nitrogens with zero attached hydrogens (tertiary/aromatic N) is 2. The van der Waals surface area contributed by atoms with Crippen LogP contribution in [0.3, 0.4) is 0 Å². The van der Waals surface area contributed by atoms with Crippen molar-refractivity contribution in [3.8, 4) is 0 Å². The van der Waals surface area contributed by atoms with Gasteiger partial charge in [0.2, 0.25) is 0 Å². The number of aryl methyl sites for hydroxylation is 2. The normalized spacial score (nSPS) is 14.2. The molecule has 1 heterocycles. The van der Waals surface area contributed by atoms with Crippen LogP contribution in [0.1, 0.15) is 58.3 Å². The number of halogens is 1. The lowest BCUT2D eigenvalue weighted by molar-refractivity contribution is -0.122. The molecule has 5 heteroatoms. The zero-order valence-electron chi connectivity index (χ0n) is 13.7. The van der Waals surface area contributed by atoms with Gasteiger partial charge in [-0.15, -0.1) is 0 Å². The maximum Gasteiger partial charge on any atom is 0.141 e. The molecule has 2 unspecified atom stereocenters. The number of rotatable bonds is 9. The molecule has 0 spiro atoms. The quantitative estimate of drug-likeness (QED) is 0.760. The van der Waals surface area contributed by atoms with E-state index in [1.54, 1.807) is 0 Å². The van der Waals surface area contributed by atoms with E-state index in [0.29, 0.717) is 11.4 Å². The van der Waals surface area contributed by atoms with Crippen LogP contribution < -0.4 is 5.73 Å². The van der Waals surface area contributed by atoms with Crippen LogP contribution in [-0.2, 0) is 24.2 Å². The number of Topliss-reactive ketones (excluding diaryl/α,β-unsaturated/α-hetero) is 1. The first-order valence-corrected chi connectivity index (χ1v) is 8.30. The smallest absolute Gasteiger partial charge is 0.141 e. The van der Waals surface area contributed by atoms with Crippen molar-refractivity contribution in [3.63, 3.8) is 0 Å². The van der Waals surface area contributed by atoms with E-state index in [0.717, 1.165) is 43.6 Å². The van der Waals surface area contributed by atoms with Crippen LogP contribution in [0.4, 0.5) is 0 Å². The number of ketones is 1. The Morgan fingerprint density at radius 2 is 2.00 bits per heavy atom. The van der Waals surface area contributed by atoms with Gasteiger partial charge in [-0.2, -0.15) is 5.10 Å². The molecule has 120 valence electrons. The Morgan fingerprint density at radius 1 is 1.33 bits per heavy atom. The topological polar surface area (TPSA) is 60.9 Å². The SMILES string of the molecule is CCc1nn(CC)c(CC(=O)C(C)CCCC(C)N)c1Cl. The standard InChI is InChI=1S/C16H28ClN3O/c1-5-13-16(17)14(20(6-2)19-13)10-15(21)11(3)8-7-9-12(4)18/h11-12H,5-10,18H2,1-4H3. The van der Waals surface area contributed by atoms with Crippen molar-refractivity contribution in [2.45, 2.75) is 72.4 Å². The first-order chi connectivity index (χ1) is 9.90. The Morgan fingerprint density at radius 3 is 2.52 bits per heavy atom. The summed E-state index contributed by atoms with van der Waals surface area (Å²) >= 11 is 6.35. The molecule has 0 saturated heterocycles. The van der Waals surface area contributed by atoms with E-state index in [1.165, 1.54) is 0 Å². The Bertz CT molecular complexity index is 468. The van der Waals surface area contributed by atoms with Gasteiger partial charge in [0.1, 0.15) is 5.78 Å². The summed E-state index contributed by atoms with van der Waals surface area (Å²) < 4.78 is 1.85. The summed E-state index contributed by atoms with van der Waals surface area (Å²) in [4.78, 5) is 12.4. The van der Waals surface area contributed by atoms with Crippen molar-refractivity contribution in [2.24, 2.45) is 11.7 Å². The summed E-state index contributed by atoms with van der Waals surface area (Å²) in [6, 6.07) is 0.204. The highest BCUT2D eigenvalue weighted by molar-refractivity contribution is 6.32. The third-order valence-corrected chi connectivity index (χ3v) is 4.32. The van der Waals surface area contributed by atoms with Crippen LogP contribution in [0.25, 0.3) is 0 Å². The highest BCUT2D eigenvalue weighted by atomic mass is 35.5. The minimum Gasteiger partial charge on any atom is -0.328 e. The molecule has 4 nitrogen and oxygen atoms in total. The van der Waals surface area contributed by atoms with Gasteiger partial charge in [-0.3, -0.25) is 9.48 Å². The van der Waals surface area contributed by atoms with E-state index < -0.39 is 0 Å². The molecule has 1 aromatic rings. The summed E-state index contributed by atoms with van der Waals surface area (Å²) in [7, 11) is 0. The van der Waals surface area contributed by atoms with Crippen LogP contribution >= 0.6 is 11.6 Å². The van der Waals surface area contributed by atoms with E-state index in [-0.39, 0.29) is 17.7 Å². The number of hydrogen-bond donors (Lipinski definition) is 1. The molecule has 2 atom stereocenters. The molecule has 0 saturated carbocycles. The number of hydrogen-bond acceptors (Lipinski definition) is 3. The Balaban J connectivity index is 2.67. The fourth-order valence-electron chi connectivity index (χ4n) is 2.43. The molecule has 1 rings (SSSR count). The lowest BCUT2D eigenvalue weighted by Gasteiger charge is -2.12. The molecule has 0 fully saturated rings. The van der Waals surface area contributed by atoms with E-state index in [4.69, 9.17) is 17.3 Å². The second-order valence-electron chi connectivity index (χ2n) is 5.83. The molecular formula is C16H28ClN3O. The lowest BCUT2D eigenvalue weighted by atomic mass is 9.95. The molecule has 0 amide bonds. The predicted octanol–water partition coefficient (Wildman–Crippen LogP) is 3.38. The zero-order valence-corrected chi connectivity index (χ0v) is 14.4. The monoisotopic (exact) mass is 313 g/mol. The van der Waals surface area contributed by atoms with Crippen LogP contribution in [0.5, 0.6) is 0 Å². The summed E-state index contributed by atoms with van der Waals surface area (Å²) in [5, 5.41) is 5.12. The highest BCUT2D eigenvalue weighted by Crippen LogP contribution is 2.24. The number of nitrogens with two attached hydrogens (primary N) is 1. The number of carbonyl (C=O) groups excluding carboxylic acids is 1. The minimum absolute atomic E-state index is 0.0464. The summed E-state index contributed by atoms with van der Waals surface area (Å²) in [5.41, 5.74) is 7.48. The lowest BCUT2D eigenvalue weighted by Crippen LogP contribution is -2.18. The zero-order chi connectivity index (χ0) is 16.0. The summed E-state index contributed by atoms with van der Waals surface area (Å²) in [5.74, 6) is 0.281. The van der Waals surface area contributed by atoms with Crippen molar-refractivity contribution in [3.05, 3.63) is 16.4 Å². The van der Waals surface area contributed by atoms with Crippen LogP contribution in [0, 0.1) is 5.92 Å². The largest absolute Gasteiger partial charge is 0.328 e. The maximum absolute atomic E-state index is 12.4. The molecule has 21 heavy (non-hydrogen) atoms. The van der Waals surface area contributed by atoms with Gasteiger partial charge in [-0.25, -0.2) is 0 Å². The molecule has 0 aromatic carbocycles. The third-order valence-electron chi connectivity index (χ3n) is 3.88. The maximum atomic E-state index is 12.4. The van der Waals surface area contributed by atoms with Gasteiger partial charge in [0.25, 0.3) is 0 Å². The minimum atomic E-state index is 0.0464. The van der Waals surface area contributed by atoms with E-state index in [1.807, 2.05) is 32.4 Å². The fraction of sp³-hybridized carbons (Fsp3) is 0.750. The van der Waals surface area contributed by atoms with Gasteiger partial charge in [0.05, 0.1) is 22.8 Å². The van der Waals surface area contributed by atoms with Crippen LogP contribution in [0.2, 0.25) is 5.02 Å². The molecule has 2 N–H and O–H groups in total. The molecular weight excluding hydrogens is 286 g/mol. The van der Waals surface area contributed by atoms with Crippen LogP contribution in [0.15, 0.2) is 0 Å². The predicted molar refractivity (Wildman–Crippen MR) is 87.7 cm³/mol. The van der Waals surface area contributed by atoms with Gasteiger partial charge in [0.15, 0.2) is 0 Å². The van der Waals surface area contributed by atoms with Gasteiger partial charge in [0, 0.05) is 18.5 Å². The molecule has 0 bridgehead atoms. The van der Waals surface area contributed by atoms with Crippen molar-refractivity contribution in [1.82, 2.24) is 9.78 Å². The average molecular weight is 314 g/mol. The van der Waals surface area contributed by atoms with E-state index in [2.05, 4.69) is 5.10 Å². The Labute approximate surface area is 133 Å². The van der Waals surface area contributed by atoms with Crippen molar-refractivity contribution in [1.29, 1.82) is 0 Å². The molecule has 1 aromatic heterocycles. The van der Waals surface area contributed by atoms with Gasteiger partial charge >= 0.3 is 0 Å².